The molecule has 0 saturated heterocycles. The molecule has 2 aromatic heterocycles. The number of nitrogens with zero attached hydrogens (tertiary/aromatic N) is 3. The monoisotopic (exact) mass is 373 g/mol. The number of hydrogen-bond acceptors (Lipinski definition) is 4. The van der Waals surface area contributed by atoms with Gasteiger partial charge in [-0.3, -0.25) is 4.79 Å². The average molecular weight is 373 g/mol. The molecule has 0 radical (unpaired) electrons. The quantitative estimate of drug-likeness (QED) is 0.740. The average Bonchev–Trinajstić information content (AvgIpc) is 3.34. The molecule has 6 nitrogen and oxygen atoms in total. The molecule has 0 atom stereocenters. The van der Waals surface area contributed by atoms with Crippen molar-refractivity contribution in [3.63, 3.8) is 0 Å². The third-order valence-electron chi connectivity index (χ3n) is 5.85. The summed E-state index contributed by atoms with van der Waals surface area (Å²) < 4.78 is 0. The van der Waals surface area contributed by atoms with Crippen LogP contribution in [-0.2, 0) is 12.8 Å². The molecule has 1 aliphatic heterocycles. The number of carbonyl (C=O) groups is 1. The maximum atomic E-state index is 11.9. The lowest BCUT2D eigenvalue weighted by Gasteiger charge is -2.28. The zero-order valence-electron chi connectivity index (χ0n) is 16.0. The molecule has 1 amide bonds. The van der Waals surface area contributed by atoms with Gasteiger partial charge < -0.3 is 15.2 Å². The van der Waals surface area contributed by atoms with Crippen LogP contribution in [0.15, 0.2) is 36.7 Å². The summed E-state index contributed by atoms with van der Waals surface area (Å²) >= 11 is 0. The molecule has 6 heteroatoms. The fraction of sp³-hybridized carbons (Fsp3) is 0.318. The Kier molecular flexibility index (Phi) is 4.11. The van der Waals surface area contributed by atoms with Gasteiger partial charge >= 0.3 is 0 Å². The lowest BCUT2D eigenvalue weighted by molar-refractivity contribution is 0.0963. The number of aromatic nitrogens is 3. The van der Waals surface area contributed by atoms with Crippen molar-refractivity contribution in [3.05, 3.63) is 59.2 Å². The van der Waals surface area contributed by atoms with Crippen LogP contribution in [0.2, 0.25) is 0 Å². The van der Waals surface area contributed by atoms with Gasteiger partial charge in [-0.25, -0.2) is 9.97 Å². The summed E-state index contributed by atoms with van der Waals surface area (Å²) in [5.74, 6) is -0.0558. The number of H-pyrrole nitrogens is 1. The van der Waals surface area contributed by atoms with Crippen molar-refractivity contribution in [2.75, 3.05) is 25.0 Å². The van der Waals surface area contributed by atoms with E-state index in [-0.39, 0.29) is 5.91 Å². The van der Waals surface area contributed by atoms with Crippen LogP contribution >= 0.6 is 0 Å². The normalized spacial score (nSPS) is 16.2. The summed E-state index contributed by atoms with van der Waals surface area (Å²) in [6.07, 6.45) is 8.30. The number of rotatable bonds is 3. The number of aromatic amines is 1. The van der Waals surface area contributed by atoms with Crippen molar-refractivity contribution in [1.29, 1.82) is 0 Å². The van der Waals surface area contributed by atoms with E-state index in [9.17, 15) is 4.79 Å². The zero-order chi connectivity index (χ0) is 19.1. The maximum Gasteiger partial charge on any atom is 0.251 e. The largest absolute Gasteiger partial charge is 0.367 e. The molecule has 2 aliphatic rings. The van der Waals surface area contributed by atoms with E-state index in [1.54, 1.807) is 13.4 Å². The van der Waals surface area contributed by atoms with E-state index in [0.29, 0.717) is 5.56 Å². The van der Waals surface area contributed by atoms with Gasteiger partial charge in [-0.1, -0.05) is 12.1 Å². The number of aryl methyl sites for hydroxylation is 2. The summed E-state index contributed by atoms with van der Waals surface area (Å²) in [5, 5.41) is 3.91. The van der Waals surface area contributed by atoms with Gasteiger partial charge in [0, 0.05) is 42.5 Å². The Labute approximate surface area is 163 Å². The highest BCUT2D eigenvalue weighted by Crippen LogP contribution is 2.35. The third kappa shape index (κ3) is 2.76. The van der Waals surface area contributed by atoms with Crippen LogP contribution in [0.4, 0.5) is 5.69 Å². The van der Waals surface area contributed by atoms with Crippen molar-refractivity contribution < 1.29 is 4.79 Å². The minimum absolute atomic E-state index is 0.0558. The number of fused-ring (bicyclic) bond motifs is 3. The summed E-state index contributed by atoms with van der Waals surface area (Å²) in [4.78, 5) is 26.8. The molecule has 3 aromatic rings. The highest BCUT2D eigenvalue weighted by Gasteiger charge is 2.23. The van der Waals surface area contributed by atoms with Crippen molar-refractivity contribution in [1.82, 2.24) is 20.3 Å². The first kappa shape index (κ1) is 17.0. The molecule has 1 aliphatic carbocycles. The van der Waals surface area contributed by atoms with Gasteiger partial charge in [0.2, 0.25) is 0 Å². The highest BCUT2D eigenvalue weighted by atomic mass is 16.1. The minimum Gasteiger partial charge on any atom is -0.367 e. The highest BCUT2D eigenvalue weighted by molar-refractivity contribution is 5.95. The topological polar surface area (TPSA) is 73.9 Å². The van der Waals surface area contributed by atoms with E-state index in [0.717, 1.165) is 49.4 Å². The third-order valence-corrected chi connectivity index (χ3v) is 5.85. The minimum atomic E-state index is -0.0558. The van der Waals surface area contributed by atoms with E-state index in [1.165, 1.54) is 28.6 Å². The van der Waals surface area contributed by atoms with E-state index < -0.39 is 0 Å². The molecule has 0 unspecified atom stereocenters. The summed E-state index contributed by atoms with van der Waals surface area (Å²) in [7, 11) is 1.66. The molecular weight excluding hydrogens is 350 g/mol. The molecule has 0 saturated carbocycles. The van der Waals surface area contributed by atoms with E-state index in [1.807, 2.05) is 18.2 Å². The van der Waals surface area contributed by atoms with E-state index in [2.05, 4.69) is 37.3 Å². The van der Waals surface area contributed by atoms with Gasteiger partial charge in [0.25, 0.3) is 5.91 Å². The van der Waals surface area contributed by atoms with Crippen LogP contribution in [0.3, 0.4) is 0 Å². The summed E-state index contributed by atoms with van der Waals surface area (Å²) in [6.45, 7) is 1.71. The molecule has 0 bridgehead atoms. The number of carbonyl (C=O) groups excluding carboxylic acids is 1. The smallest absolute Gasteiger partial charge is 0.251 e. The van der Waals surface area contributed by atoms with Gasteiger partial charge in [-0.2, -0.15) is 0 Å². The molecule has 3 heterocycles. The Morgan fingerprint density at radius 2 is 2.14 bits per heavy atom. The van der Waals surface area contributed by atoms with E-state index in [4.69, 9.17) is 0 Å². The first-order valence-corrected chi connectivity index (χ1v) is 9.85. The predicted molar refractivity (Wildman–Crippen MR) is 111 cm³/mol. The van der Waals surface area contributed by atoms with Gasteiger partial charge in [0.05, 0.1) is 5.69 Å². The molecule has 2 N–H and O–H groups in total. The molecule has 142 valence electrons. The van der Waals surface area contributed by atoms with Crippen molar-refractivity contribution in [2.45, 2.75) is 25.7 Å². The molecule has 0 spiro atoms. The van der Waals surface area contributed by atoms with Crippen LogP contribution in [0.5, 0.6) is 0 Å². The molecule has 0 fully saturated rings. The lowest BCUT2D eigenvalue weighted by Crippen LogP contribution is -2.28. The number of benzene rings is 1. The molecule has 5 rings (SSSR count). The van der Waals surface area contributed by atoms with E-state index >= 15 is 0 Å². The van der Waals surface area contributed by atoms with Crippen LogP contribution in [0.1, 0.15) is 40.2 Å². The number of amides is 1. The molecule has 28 heavy (non-hydrogen) atoms. The first-order chi connectivity index (χ1) is 13.7. The van der Waals surface area contributed by atoms with Crippen molar-refractivity contribution in [3.8, 4) is 0 Å². The zero-order valence-corrected chi connectivity index (χ0v) is 16.0. The number of anilines is 1. The second-order valence-electron chi connectivity index (χ2n) is 7.44. The standard InChI is InChI=1S/C22H23N5O/c1-23-22(28)15-4-2-5-16(12-15)27-10-8-14(9-11-27)20-19-17-6-3-7-18(17)26-21(19)25-13-24-20/h2,4-5,8,12-13H,3,6-7,9-11H2,1H3,(H,23,28)(H,24,25,26). The van der Waals surface area contributed by atoms with Gasteiger partial charge in [-0.05, 0) is 55.0 Å². The lowest BCUT2D eigenvalue weighted by atomic mass is 9.99. The Morgan fingerprint density at radius 1 is 1.21 bits per heavy atom. The fourth-order valence-corrected chi connectivity index (χ4v) is 4.42. The maximum absolute atomic E-state index is 11.9. The number of nitrogens with one attached hydrogen (secondary N) is 2. The van der Waals surface area contributed by atoms with Crippen LogP contribution < -0.4 is 10.2 Å². The number of hydrogen-bond donors (Lipinski definition) is 2. The van der Waals surface area contributed by atoms with Gasteiger partial charge in [-0.15, -0.1) is 0 Å². The summed E-state index contributed by atoms with van der Waals surface area (Å²) in [5.41, 5.74) is 7.86. The Hall–Kier alpha value is -3.15. The Morgan fingerprint density at radius 3 is 2.96 bits per heavy atom. The second kappa shape index (κ2) is 6.78. The van der Waals surface area contributed by atoms with Gasteiger partial charge in [0.1, 0.15) is 12.0 Å². The summed E-state index contributed by atoms with van der Waals surface area (Å²) in [6, 6.07) is 7.81. The Balaban J connectivity index is 1.44. The Bertz CT molecular complexity index is 1100. The molecular formula is C22H23N5O. The van der Waals surface area contributed by atoms with Crippen LogP contribution in [0, 0.1) is 0 Å². The molecule has 1 aromatic carbocycles. The van der Waals surface area contributed by atoms with Gasteiger partial charge in [0.15, 0.2) is 0 Å². The SMILES string of the molecule is CNC(=O)c1cccc(N2CC=C(c3ncnc4[nH]c5c(c34)CCC5)CC2)c1. The second-order valence-corrected chi connectivity index (χ2v) is 7.44. The predicted octanol–water partition coefficient (Wildman–Crippen LogP) is 3.10. The van der Waals surface area contributed by atoms with Crippen molar-refractivity contribution in [2.24, 2.45) is 0 Å². The first-order valence-electron chi connectivity index (χ1n) is 9.85. The van der Waals surface area contributed by atoms with Crippen LogP contribution in [-0.4, -0.2) is 41.0 Å². The van der Waals surface area contributed by atoms with Crippen molar-refractivity contribution >= 4 is 28.2 Å². The van der Waals surface area contributed by atoms with Crippen LogP contribution in [0.25, 0.3) is 16.6 Å². The fourth-order valence-electron chi connectivity index (χ4n) is 4.42.